The highest BCUT2D eigenvalue weighted by Crippen LogP contribution is 2.35. The van der Waals surface area contributed by atoms with Gasteiger partial charge in [-0.25, -0.2) is 0 Å². The molecule has 1 amide bonds. The SMILES string of the molecule is N=C(N)C1=CN2C(=O)C[C@H]2SC1. The van der Waals surface area contributed by atoms with Gasteiger partial charge in [0.15, 0.2) is 0 Å². The smallest absolute Gasteiger partial charge is 0.230 e. The second-order valence-electron chi connectivity index (χ2n) is 2.84. The van der Waals surface area contributed by atoms with E-state index in [1.54, 1.807) is 22.9 Å². The second-order valence-corrected chi connectivity index (χ2v) is 4.00. The van der Waals surface area contributed by atoms with E-state index >= 15 is 0 Å². The Kier molecular flexibility index (Phi) is 1.61. The average molecular weight is 183 g/mol. The molecule has 2 rings (SSSR count). The maximum absolute atomic E-state index is 11.0. The molecule has 2 heterocycles. The van der Waals surface area contributed by atoms with Gasteiger partial charge in [-0.15, -0.1) is 11.8 Å². The van der Waals surface area contributed by atoms with Gasteiger partial charge >= 0.3 is 0 Å². The van der Waals surface area contributed by atoms with Crippen molar-refractivity contribution in [3.05, 3.63) is 11.8 Å². The van der Waals surface area contributed by atoms with E-state index in [1.165, 1.54) is 0 Å². The Labute approximate surface area is 74.3 Å². The van der Waals surface area contributed by atoms with Crippen LogP contribution in [0.2, 0.25) is 0 Å². The molecule has 0 aromatic heterocycles. The van der Waals surface area contributed by atoms with Crippen LogP contribution in [0.25, 0.3) is 0 Å². The fraction of sp³-hybridized carbons (Fsp3) is 0.429. The number of carbonyl (C=O) groups excluding carboxylic acids is 1. The van der Waals surface area contributed by atoms with Crippen LogP contribution < -0.4 is 5.73 Å². The lowest BCUT2D eigenvalue weighted by molar-refractivity contribution is -0.137. The maximum Gasteiger partial charge on any atom is 0.230 e. The van der Waals surface area contributed by atoms with Crippen LogP contribution >= 0.6 is 11.8 Å². The van der Waals surface area contributed by atoms with Crippen molar-refractivity contribution >= 4 is 23.5 Å². The molecule has 2 aliphatic heterocycles. The standard InChI is InChI=1S/C7H9N3OS/c8-7(9)4-2-10-5(11)1-6(10)12-3-4/h2,6H,1,3H2,(H3,8,9)/t6-/m1/s1. The molecule has 0 spiro atoms. The largest absolute Gasteiger partial charge is 0.384 e. The topological polar surface area (TPSA) is 70.2 Å². The molecule has 0 unspecified atom stereocenters. The summed E-state index contributed by atoms with van der Waals surface area (Å²) in [5.41, 5.74) is 6.06. The highest BCUT2D eigenvalue weighted by Gasteiger charge is 2.38. The van der Waals surface area contributed by atoms with E-state index in [0.29, 0.717) is 11.8 Å². The summed E-state index contributed by atoms with van der Waals surface area (Å²) in [7, 11) is 0. The number of nitrogens with two attached hydrogens (primary N) is 1. The Hall–Kier alpha value is -0.970. The number of rotatable bonds is 1. The minimum atomic E-state index is 0.0700. The number of fused-ring (bicyclic) bond motifs is 1. The molecule has 1 atom stereocenters. The van der Waals surface area contributed by atoms with Gasteiger partial charge in [-0.3, -0.25) is 10.2 Å². The van der Waals surface area contributed by atoms with Crippen molar-refractivity contribution in [2.75, 3.05) is 5.75 Å². The Bertz CT molecular complexity index is 286. The maximum atomic E-state index is 11.0. The molecule has 1 fully saturated rings. The average Bonchev–Trinajstić information content (AvgIpc) is 2.02. The molecule has 0 bridgehead atoms. The molecular weight excluding hydrogens is 174 g/mol. The summed E-state index contributed by atoms with van der Waals surface area (Å²) in [6.07, 6.45) is 2.34. The number of hydrogen-bond donors (Lipinski definition) is 2. The molecule has 4 nitrogen and oxygen atoms in total. The van der Waals surface area contributed by atoms with Gasteiger partial charge in [-0.05, 0) is 0 Å². The summed E-state index contributed by atoms with van der Waals surface area (Å²) in [6.45, 7) is 0. The highest BCUT2D eigenvalue weighted by molar-refractivity contribution is 8.00. The number of amides is 1. The summed E-state index contributed by atoms with van der Waals surface area (Å²) in [4.78, 5) is 12.6. The van der Waals surface area contributed by atoms with Crippen LogP contribution in [0.4, 0.5) is 0 Å². The Morgan fingerprint density at radius 3 is 3.17 bits per heavy atom. The predicted octanol–water partition coefficient (Wildman–Crippen LogP) is 0.111. The quantitative estimate of drug-likeness (QED) is 0.344. The first-order valence-electron chi connectivity index (χ1n) is 3.66. The van der Waals surface area contributed by atoms with E-state index in [4.69, 9.17) is 11.1 Å². The van der Waals surface area contributed by atoms with Crippen molar-refractivity contribution in [2.24, 2.45) is 5.73 Å². The van der Waals surface area contributed by atoms with Crippen LogP contribution in [-0.2, 0) is 4.79 Å². The summed E-state index contributed by atoms with van der Waals surface area (Å²) in [6, 6.07) is 0. The van der Waals surface area contributed by atoms with E-state index in [9.17, 15) is 4.79 Å². The number of nitrogens with zero attached hydrogens (tertiary/aromatic N) is 1. The van der Waals surface area contributed by atoms with E-state index in [2.05, 4.69) is 0 Å². The monoisotopic (exact) mass is 183 g/mol. The lowest BCUT2D eigenvalue weighted by Gasteiger charge is -2.40. The van der Waals surface area contributed by atoms with Gasteiger partial charge in [-0.1, -0.05) is 0 Å². The molecule has 3 N–H and O–H groups in total. The van der Waals surface area contributed by atoms with Gasteiger partial charge < -0.3 is 10.6 Å². The fourth-order valence-corrected chi connectivity index (χ4v) is 2.44. The van der Waals surface area contributed by atoms with E-state index in [-0.39, 0.29) is 11.7 Å². The van der Waals surface area contributed by atoms with Crippen LogP contribution in [0.5, 0.6) is 0 Å². The zero-order valence-corrected chi connectivity index (χ0v) is 7.23. The number of hydrogen-bond acceptors (Lipinski definition) is 3. The molecule has 0 aliphatic carbocycles. The van der Waals surface area contributed by atoms with Crippen LogP contribution in [0, 0.1) is 5.41 Å². The van der Waals surface area contributed by atoms with Gasteiger partial charge in [0.05, 0.1) is 11.8 Å². The Balaban J connectivity index is 2.19. The lowest BCUT2D eigenvalue weighted by atomic mass is 10.2. The first kappa shape index (κ1) is 7.67. The number of carbonyl (C=O) groups is 1. The summed E-state index contributed by atoms with van der Waals surface area (Å²) < 4.78 is 0. The number of thioether (sulfide) groups is 1. The molecule has 64 valence electrons. The molecule has 0 aromatic rings. The third-order valence-corrected chi connectivity index (χ3v) is 3.28. The van der Waals surface area contributed by atoms with Crippen molar-refractivity contribution in [3.8, 4) is 0 Å². The van der Waals surface area contributed by atoms with Gasteiger partial charge in [0, 0.05) is 17.5 Å². The molecule has 0 saturated carbocycles. The molecule has 1 saturated heterocycles. The van der Waals surface area contributed by atoms with Crippen LogP contribution in [-0.4, -0.2) is 27.8 Å². The fourth-order valence-electron chi connectivity index (χ4n) is 1.23. The minimum Gasteiger partial charge on any atom is -0.384 e. The van der Waals surface area contributed by atoms with Crippen LogP contribution in [0.1, 0.15) is 6.42 Å². The first-order chi connectivity index (χ1) is 5.68. The molecule has 2 aliphatic rings. The zero-order chi connectivity index (χ0) is 8.72. The molecule has 0 aromatic carbocycles. The van der Waals surface area contributed by atoms with E-state index < -0.39 is 0 Å². The second kappa shape index (κ2) is 2.52. The number of β-lactam (4-membered cyclic amide) rings is 1. The van der Waals surface area contributed by atoms with Crippen LogP contribution in [0.3, 0.4) is 0 Å². The van der Waals surface area contributed by atoms with Crippen molar-refractivity contribution < 1.29 is 4.79 Å². The van der Waals surface area contributed by atoms with E-state index in [1.807, 2.05) is 0 Å². The van der Waals surface area contributed by atoms with Gasteiger partial charge in [0.1, 0.15) is 5.84 Å². The van der Waals surface area contributed by atoms with Gasteiger partial charge in [0.2, 0.25) is 5.91 Å². The minimum absolute atomic E-state index is 0.0700. The number of nitrogens with one attached hydrogen (secondary N) is 1. The van der Waals surface area contributed by atoms with Crippen molar-refractivity contribution in [2.45, 2.75) is 11.8 Å². The van der Waals surface area contributed by atoms with Crippen molar-refractivity contribution in [1.82, 2.24) is 4.90 Å². The molecule has 5 heteroatoms. The predicted molar refractivity (Wildman–Crippen MR) is 47.7 cm³/mol. The normalized spacial score (nSPS) is 27.3. The summed E-state index contributed by atoms with van der Waals surface area (Å²) in [5, 5.41) is 7.50. The highest BCUT2D eigenvalue weighted by atomic mass is 32.2. The zero-order valence-electron chi connectivity index (χ0n) is 6.41. The van der Waals surface area contributed by atoms with E-state index in [0.717, 1.165) is 11.3 Å². The molecule has 12 heavy (non-hydrogen) atoms. The lowest BCUT2D eigenvalue weighted by Crippen LogP contribution is -2.49. The third-order valence-electron chi connectivity index (χ3n) is 2.02. The van der Waals surface area contributed by atoms with Gasteiger partial charge in [-0.2, -0.15) is 0 Å². The van der Waals surface area contributed by atoms with Crippen LogP contribution in [0.15, 0.2) is 11.8 Å². The van der Waals surface area contributed by atoms with Crippen molar-refractivity contribution in [3.63, 3.8) is 0 Å². The summed E-state index contributed by atoms with van der Waals surface area (Å²) in [5.74, 6) is 0.954. The first-order valence-corrected chi connectivity index (χ1v) is 4.71. The Morgan fingerprint density at radius 2 is 2.58 bits per heavy atom. The van der Waals surface area contributed by atoms with Gasteiger partial charge in [0.25, 0.3) is 0 Å². The summed E-state index contributed by atoms with van der Waals surface area (Å²) >= 11 is 1.67. The third kappa shape index (κ3) is 1.01. The van der Waals surface area contributed by atoms with Crippen molar-refractivity contribution in [1.29, 1.82) is 5.41 Å². The Morgan fingerprint density at radius 1 is 1.83 bits per heavy atom. The number of amidine groups is 1. The molecule has 0 radical (unpaired) electrons. The molecular formula is C7H9N3OS.